The Kier molecular flexibility index (Phi) is 4.41. The van der Waals surface area contributed by atoms with E-state index in [0.29, 0.717) is 11.4 Å². The SMILES string of the molecule is COc1cccc(NC(=O)CN(C)C(=O)C23CC4CC(CC(C4)C2)C3)c1. The molecule has 0 spiro atoms. The number of amides is 2. The van der Waals surface area contributed by atoms with E-state index in [0.717, 1.165) is 37.0 Å². The molecule has 0 unspecified atom stereocenters. The zero-order valence-corrected chi connectivity index (χ0v) is 15.7. The molecule has 4 bridgehead atoms. The predicted molar refractivity (Wildman–Crippen MR) is 99.9 cm³/mol. The number of nitrogens with one attached hydrogen (secondary N) is 1. The zero-order chi connectivity index (χ0) is 18.3. The van der Waals surface area contributed by atoms with Crippen molar-refractivity contribution >= 4 is 17.5 Å². The van der Waals surface area contributed by atoms with E-state index >= 15 is 0 Å². The predicted octanol–water partition coefficient (Wildman–Crippen LogP) is 3.31. The van der Waals surface area contributed by atoms with Crippen molar-refractivity contribution in [3.05, 3.63) is 24.3 Å². The molecule has 0 aliphatic heterocycles. The van der Waals surface area contributed by atoms with Gasteiger partial charge in [-0.15, -0.1) is 0 Å². The monoisotopic (exact) mass is 356 g/mol. The normalized spacial score (nSPS) is 31.5. The van der Waals surface area contributed by atoms with Crippen LogP contribution in [0.4, 0.5) is 5.69 Å². The van der Waals surface area contributed by atoms with Crippen LogP contribution >= 0.6 is 0 Å². The Balaban J connectivity index is 1.39. The fraction of sp³-hybridized carbons (Fsp3) is 0.619. The van der Waals surface area contributed by atoms with E-state index in [4.69, 9.17) is 4.74 Å². The van der Waals surface area contributed by atoms with Gasteiger partial charge in [0.15, 0.2) is 0 Å². The number of carbonyl (C=O) groups excluding carboxylic acids is 2. The molecule has 4 saturated carbocycles. The second-order valence-electron chi connectivity index (χ2n) is 8.64. The van der Waals surface area contributed by atoms with Crippen LogP contribution in [-0.4, -0.2) is 37.4 Å². The molecule has 4 fully saturated rings. The number of hydrogen-bond donors (Lipinski definition) is 1. The van der Waals surface area contributed by atoms with Gasteiger partial charge in [0, 0.05) is 18.8 Å². The highest BCUT2D eigenvalue weighted by Crippen LogP contribution is 2.60. The van der Waals surface area contributed by atoms with E-state index in [9.17, 15) is 9.59 Å². The Morgan fingerprint density at radius 2 is 1.77 bits per heavy atom. The van der Waals surface area contributed by atoms with Crippen molar-refractivity contribution < 1.29 is 14.3 Å². The smallest absolute Gasteiger partial charge is 0.243 e. The van der Waals surface area contributed by atoms with Crippen molar-refractivity contribution in [3.8, 4) is 5.75 Å². The summed E-state index contributed by atoms with van der Waals surface area (Å²) in [4.78, 5) is 27.3. The topological polar surface area (TPSA) is 58.6 Å². The fourth-order valence-corrected chi connectivity index (χ4v) is 5.97. The van der Waals surface area contributed by atoms with Gasteiger partial charge in [0.1, 0.15) is 5.75 Å². The van der Waals surface area contributed by atoms with Gasteiger partial charge >= 0.3 is 0 Å². The number of rotatable bonds is 5. The van der Waals surface area contributed by atoms with Crippen LogP contribution in [0.2, 0.25) is 0 Å². The van der Waals surface area contributed by atoms with Crippen LogP contribution in [-0.2, 0) is 9.59 Å². The van der Waals surface area contributed by atoms with Gasteiger partial charge in [-0.1, -0.05) is 6.07 Å². The minimum atomic E-state index is -0.195. The van der Waals surface area contributed by atoms with Crippen molar-refractivity contribution in [2.45, 2.75) is 38.5 Å². The van der Waals surface area contributed by atoms with E-state index in [1.165, 1.54) is 19.3 Å². The van der Waals surface area contributed by atoms with Crippen LogP contribution < -0.4 is 10.1 Å². The summed E-state index contributed by atoms with van der Waals surface area (Å²) >= 11 is 0. The average Bonchev–Trinajstić information content (AvgIpc) is 2.59. The van der Waals surface area contributed by atoms with Gasteiger partial charge in [0.25, 0.3) is 0 Å². The molecule has 26 heavy (non-hydrogen) atoms. The number of anilines is 1. The molecule has 2 amide bonds. The largest absolute Gasteiger partial charge is 0.497 e. The first-order valence-corrected chi connectivity index (χ1v) is 9.67. The molecule has 5 heteroatoms. The third-order valence-electron chi connectivity index (χ3n) is 6.57. The summed E-state index contributed by atoms with van der Waals surface area (Å²) < 4.78 is 5.18. The van der Waals surface area contributed by atoms with Crippen LogP contribution in [0.25, 0.3) is 0 Å². The number of ether oxygens (including phenoxy) is 1. The average molecular weight is 356 g/mol. The molecule has 0 atom stereocenters. The first-order valence-electron chi connectivity index (χ1n) is 9.67. The van der Waals surface area contributed by atoms with Crippen LogP contribution in [0.3, 0.4) is 0 Å². The number of methoxy groups -OCH3 is 1. The zero-order valence-electron chi connectivity index (χ0n) is 15.7. The van der Waals surface area contributed by atoms with Gasteiger partial charge < -0.3 is 15.0 Å². The Morgan fingerprint density at radius 3 is 2.35 bits per heavy atom. The first-order chi connectivity index (χ1) is 12.5. The summed E-state index contributed by atoms with van der Waals surface area (Å²) in [5, 5.41) is 2.86. The molecule has 0 saturated heterocycles. The summed E-state index contributed by atoms with van der Waals surface area (Å²) in [5.41, 5.74) is 0.490. The quantitative estimate of drug-likeness (QED) is 0.880. The van der Waals surface area contributed by atoms with E-state index in [2.05, 4.69) is 5.32 Å². The van der Waals surface area contributed by atoms with Gasteiger partial charge in [-0.3, -0.25) is 9.59 Å². The number of hydrogen-bond acceptors (Lipinski definition) is 3. The Morgan fingerprint density at radius 1 is 1.15 bits per heavy atom. The highest BCUT2D eigenvalue weighted by atomic mass is 16.5. The second kappa shape index (κ2) is 6.60. The van der Waals surface area contributed by atoms with Crippen molar-refractivity contribution in [3.63, 3.8) is 0 Å². The molecule has 0 radical (unpaired) electrons. The molecule has 4 aliphatic carbocycles. The van der Waals surface area contributed by atoms with Gasteiger partial charge in [-0.05, 0) is 68.4 Å². The molecular weight excluding hydrogens is 328 g/mol. The molecule has 0 heterocycles. The molecule has 5 rings (SSSR count). The number of likely N-dealkylation sites (N-methyl/N-ethyl adjacent to an activating group) is 1. The van der Waals surface area contributed by atoms with Crippen LogP contribution in [0.1, 0.15) is 38.5 Å². The van der Waals surface area contributed by atoms with Crippen LogP contribution in [0, 0.1) is 23.2 Å². The number of carbonyl (C=O) groups is 2. The molecular formula is C21H28N2O3. The summed E-state index contributed by atoms with van der Waals surface area (Å²) in [6.07, 6.45) is 7.02. The maximum absolute atomic E-state index is 13.2. The van der Waals surface area contributed by atoms with Gasteiger partial charge in [0.2, 0.25) is 11.8 Å². The van der Waals surface area contributed by atoms with Gasteiger partial charge in [0.05, 0.1) is 19.1 Å². The van der Waals surface area contributed by atoms with Crippen molar-refractivity contribution in [2.75, 3.05) is 26.0 Å². The van der Waals surface area contributed by atoms with Crippen LogP contribution in [0.5, 0.6) is 5.75 Å². The highest BCUT2D eigenvalue weighted by Gasteiger charge is 2.55. The van der Waals surface area contributed by atoms with Crippen molar-refractivity contribution in [1.82, 2.24) is 4.90 Å². The van der Waals surface area contributed by atoms with E-state index in [1.54, 1.807) is 25.1 Å². The first kappa shape index (κ1) is 17.4. The molecule has 5 nitrogen and oxygen atoms in total. The lowest BCUT2D eigenvalue weighted by Gasteiger charge is -2.56. The molecule has 0 aromatic heterocycles. The maximum atomic E-state index is 13.2. The molecule has 1 N–H and O–H groups in total. The van der Waals surface area contributed by atoms with Crippen molar-refractivity contribution in [2.24, 2.45) is 23.2 Å². The number of nitrogens with zero attached hydrogens (tertiary/aromatic N) is 1. The number of benzene rings is 1. The summed E-state index contributed by atoms with van der Waals surface area (Å²) in [7, 11) is 3.37. The Labute approximate surface area is 155 Å². The Hall–Kier alpha value is -2.04. The van der Waals surface area contributed by atoms with E-state index < -0.39 is 0 Å². The maximum Gasteiger partial charge on any atom is 0.243 e. The summed E-state index contributed by atoms with van der Waals surface area (Å²) in [5.74, 6) is 2.88. The van der Waals surface area contributed by atoms with Crippen LogP contribution in [0.15, 0.2) is 24.3 Å². The minimum Gasteiger partial charge on any atom is -0.497 e. The lowest BCUT2D eigenvalue weighted by molar-refractivity contribution is -0.157. The molecule has 4 aliphatic rings. The van der Waals surface area contributed by atoms with Gasteiger partial charge in [-0.25, -0.2) is 0 Å². The third-order valence-corrected chi connectivity index (χ3v) is 6.57. The van der Waals surface area contributed by atoms with E-state index in [1.807, 2.05) is 18.2 Å². The lowest BCUT2D eigenvalue weighted by atomic mass is 9.49. The van der Waals surface area contributed by atoms with E-state index in [-0.39, 0.29) is 23.8 Å². The third kappa shape index (κ3) is 3.19. The lowest BCUT2D eigenvalue weighted by Crippen LogP contribution is -2.54. The minimum absolute atomic E-state index is 0.0950. The fourth-order valence-electron chi connectivity index (χ4n) is 5.97. The molecule has 1 aromatic rings. The standard InChI is InChI=1S/C21H28N2O3/c1-23(13-19(24)22-17-4-3-5-18(9-17)26-2)20(25)21-10-14-6-15(11-21)8-16(7-14)12-21/h3-5,9,14-16H,6-8,10-13H2,1-2H3,(H,22,24). The Bertz CT molecular complexity index is 680. The molecule has 140 valence electrons. The molecule has 1 aromatic carbocycles. The summed E-state index contributed by atoms with van der Waals surface area (Å²) in [6, 6.07) is 7.26. The summed E-state index contributed by atoms with van der Waals surface area (Å²) in [6.45, 7) is 0.0950. The van der Waals surface area contributed by atoms with Crippen molar-refractivity contribution in [1.29, 1.82) is 0 Å². The van der Waals surface area contributed by atoms with Gasteiger partial charge in [-0.2, -0.15) is 0 Å². The highest BCUT2D eigenvalue weighted by molar-refractivity contribution is 5.95. The second-order valence-corrected chi connectivity index (χ2v) is 8.64.